The number of carboxylic acids is 1. The molecule has 3 N–H and O–H groups in total. The summed E-state index contributed by atoms with van der Waals surface area (Å²) in [5.41, 5.74) is 0. The number of aliphatic hydroxyl groups is 2. The van der Waals surface area contributed by atoms with E-state index in [4.69, 9.17) is 24.1 Å². The van der Waals surface area contributed by atoms with E-state index in [1.807, 2.05) is 0 Å². The quantitative estimate of drug-likeness (QED) is 0.515. The van der Waals surface area contributed by atoms with Crippen molar-refractivity contribution < 1.29 is 39.1 Å². The van der Waals surface area contributed by atoms with Gasteiger partial charge in [0.15, 0.2) is 6.29 Å². The van der Waals surface area contributed by atoms with Crippen LogP contribution in [0.25, 0.3) is 0 Å². The fraction of sp³-hybridized carbons (Fsp3) is 0.900. The first-order valence-corrected chi connectivity index (χ1v) is 5.38. The molecule has 2 unspecified atom stereocenters. The van der Waals surface area contributed by atoms with Crippen molar-refractivity contribution in [1.82, 2.24) is 0 Å². The van der Waals surface area contributed by atoms with E-state index in [1.54, 1.807) is 0 Å². The molecule has 8 nitrogen and oxygen atoms in total. The van der Waals surface area contributed by atoms with Crippen molar-refractivity contribution in [3.63, 3.8) is 0 Å². The molecule has 18 heavy (non-hydrogen) atoms. The minimum absolute atomic E-state index is 0.0888. The van der Waals surface area contributed by atoms with Crippen LogP contribution in [0.5, 0.6) is 0 Å². The summed E-state index contributed by atoms with van der Waals surface area (Å²) in [6, 6.07) is 0. The van der Waals surface area contributed by atoms with E-state index in [1.165, 1.54) is 14.2 Å². The van der Waals surface area contributed by atoms with Crippen LogP contribution in [-0.4, -0.2) is 79.4 Å². The van der Waals surface area contributed by atoms with Crippen molar-refractivity contribution in [2.45, 2.75) is 30.7 Å². The van der Waals surface area contributed by atoms with E-state index >= 15 is 0 Å². The van der Waals surface area contributed by atoms with Gasteiger partial charge >= 0.3 is 5.97 Å². The third-order valence-corrected chi connectivity index (χ3v) is 2.65. The SMILES string of the molecule is CO[C@@H]1OC(COCC(=O)O)[C@@H](OC)[C@H](O)C1O. The highest BCUT2D eigenvalue weighted by Crippen LogP contribution is 2.23. The molecule has 8 heteroatoms. The van der Waals surface area contributed by atoms with Crippen LogP contribution >= 0.6 is 0 Å². The van der Waals surface area contributed by atoms with Crippen LogP contribution in [0.3, 0.4) is 0 Å². The molecular formula is C10H18O8. The van der Waals surface area contributed by atoms with Gasteiger partial charge in [0.05, 0.1) is 6.61 Å². The van der Waals surface area contributed by atoms with Gasteiger partial charge in [0.2, 0.25) is 0 Å². The van der Waals surface area contributed by atoms with Gasteiger partial charge in [0.1, 0.15) is 31.0 Å². The Bertz CT molecular complexity index is 271. The van der Waals surface area contributed by atoms with E-state index in [-0.39, 0.29) is 6.61 Å². The molecule has 5 atom stereocenters. The predicted molar refractivity (Wildman–Crippen MR) is 56.9 cm³/mol. The average Bonchev–Trinajstić information content (AvgIpc) is 2.33. The van der Waals surface area contributed by atoms with Gasteiger partial charge in [-0.05, 0) is 0 Å². The average molecular weight is 266 g/mol. The molecule has 0 aromatic rings. The van der Waals surface area contributed by atoms with Gasteiger partial charge in [-0.2, -0.15) is 0 Å². The molecule has 1 rings (SSSR count). The minimum Gasteiger partial charge on any atom is -0.480 e. The van der Waals surface area contributed by atoms with Crippen LogP contribution < -0.4 is 0 Å². The number of aliphatic hydroxyl groups excluding tert-OH is 2. The lowest BCUT2D eigenvalue weighted by molar-refractivity contribution is -0.299. The lowest BCUT2D eigenvalue weighted by Crippen LogP contribution is -2.59. The summed E-state index contributed by atoms with van der Waals surface area (Å²) >= 11 is 0. The normalized spacial score (nSPS) is 36.6. The second-order valence-electron chi connectivity index (χ2n) is 3.87. The van der Waals surface area contributed by atoms with Gasteiger partial charge < -0.3 is 34.3 Å². The molecule has 1 heterocycles. The van der Waals surface area contributed by atoms with Gasteiger partial charge in [0.25, 0.3) is 0 Å². The Kier molecular flexibility index (Phi) is 5.93. The third-order valence-electron chi connectivity index (χ3n) is 2.65. The standard InChI is InChI=1S/C10H18O8/c1-15-9-5(3-17-4-6(11)12)18-10(16-2)8(14)7(9)13/h5,7-10,13-14H,3-4H2,1-2H3,(H,11,12)/t5?,7-,8?,9-,10-/m1/s1. The lowest BCUT2D eigenvalue weighted by Gasteiger charge is -2.41. The summed E-state index contributed by atoms with van der Waals surface area (Å²) in [7, 11) is 2.67. The molecule has 0 aromatic carbocycles. The highest BCUT2D eigenvalue weighted by Gasteiger charge is 2.45. The predicted octanol–water partition coefficient (Wildman–Crippen LogP) is -1.80. The molecule has 1 aliphatic heterocycles. The van der Waals surface area contributed by atoms with Crippen molar-refractivity contribution in [1.29, 1.82) is 0 Å². The number of carboxylic acid groups (broad SMARTS) is 1. The zero-order valence-electron chi connectivity index (χ0n) is 10.2. The van der Waals surface area contributed by atoms with Crippen LogP contribution in [0.2, 0.25) is 0 Å². The smallest absolute Gasteiger partial charge is 0.329 e. The zero-order chi connectivity index (χ0) is 13.7. The Balaban J connectivity index is 2.59. The molecule has 1 aliphatic rings. The molecule has 1 saturated heterocycles. The summed E-state index contributed by atoms with van der Waals surface area (Å²) in [6.45, 7) is -0.568. The fourth-order valence-corrected chi connectivity index (χ4v) is 1.79. The van der Waals surface area contributed by atoms with Crippen molar-refractivity contribution >= 4 is 5.97 Å². The number of hydrogen-bond donors (Lipinski definition) is 3. The Hall–Kier alpha value is -0.770. The summed E-state index contributed by atoms with van der Waals surface area (Å²) in [4.78, 5) is 10.3. The maximum absolute atomic E-state index is 10.3. The lowest BCUT2D eigenvalue weighted by atomic mass is 9.99. The first kappa shape index (κ1) is 15.3. The molecule has 0 radical (unpaired) electrons. The van der Waals surface area contributed by atoms with Crippen LogP contribution in [0.1, 0.15) is 0 Å². The number of aliphatic carboxylic acids is 1. The van der Waals surface area contributed by atoms with E-state index in [0.29, 0.717) is 0 Å². The number of carbonyl (C=O) groups is 1. The Morgan fingerprint density at radius 2 is 1.89 bits per heavy atom. The second kappa shape index (κ2) is 6.98. The monoisotopic (exact) mass is 266 g/mol. The van der Waals surface area contributed by atoms with Gasteiger partial charge in [-0.25, -0.2) is 4.79 Å². The molecule has 0 amide bonds. The van der Waals surface area contributed by atoms with E-state index in [9.17, 15) is 15.0 Å². The number of ether oxygens (including phenoxy) is 4. The van der Waals surface area contributed by atoms with Crippen LogP contribution in [0, 0.1) is 0 Å². The number of rotatable bonds is 6. The van der Waals surface area contributed by atoms with Crippen molar-refractivity contribution in [2.24, 2.45) is 0 Å². The summed E-state index contributed by atoms with van der Waals surface area (Å²) in [6.07, 6.45) is -4.99. The largest absolute Gasteiger partial charge is 0.480 e. The number of hydrogen-bond acceptors (Lipinski definition) is 7. The Morgan fingerprint density at radius 3 is 2.39 bits per heavy atom. The van der Waals surface area contributed by atoms with Crippen molar-refractivity contribution in [3.8, 4) is 0 Å². The molecular weight excluding hydrogens is 248 g/mol. The highest BCUT2D eigenvalue weighted by molar-refractivity contribution is 5.67. The molecule has 0 spiro atoms. The van der Waals surface area contributed by atoms with Crippen molar-refractivity contribution in [3.05, 3.63) is 0 Å². The second-order valence-corrected chi connectivity index (χ2v) is 3.87. The highest BCUT2D eigenvalue weighted by atomic mass is 16.7. The first-order valence-electron chi connectivity index (χ1n) is 5.38. The summed E-state index contributed by atoms with van der Waals surface area (Å²) in [5.74, 6) is -1.11. The Morgan fingerprint density at radius 1 is 1.22 bits per heavy atom. The van der Waals surface area contributed by atoms with Gasteiger partial charge in [-0.1, -0.05) is 0 Å². The number of methoxy groups -OCH3 is 2. The molecule has 106 valence electrons. The summed E-state index contributed by atoms with van der Waals surface area (Å²) < 4.78 is 20.1. The molecule has 0 aliphatic carbocycles. The summed E-state index contributed by atoms with van der Waals surface area (Å²) in [5, 5.41) is 27.9. The maximum atomic E-state index is 10.3. The van der Waals surface area contributed by atoms with E-state index < -0.39 is 43.3 Å². The molecule has 0 bridgehead atoms. The minimum atomic E-state index is -1.24. The van der Waals surface area contributed by atoms with Gasteiger partial charge in [0, 0.05) is 14.2 Å². The van der Waals surface area contributed by atoms with Gasteiger partial charge in [-0.15, -0.1) is 0 Å². The van der Waals surface area contributed by atoms with E-state index in [0.717, 1.165) is 0 Å². The zero-order valence-corrected chi connectivity index (χ0v) is 10.2. The molecule has 0 saturated carbocycles. The van der Waals surface area contributed by atoms with Crippen LogP contribution in [-0.2, 0) is 23.7 Å². The molecule has 0 aromatic heterocycles. The van der Waals surface area contributed by atoms with E-state index in [2.05, 4.69) is 0 Å². The van der Waals surface area contributed by atoms with Crippen molar-refractivity contribution in [2.75, 3.05) is 27.4 Å². The third kappa shape index (κ3) is 3.61. The topological polar surface area (TPSA) is 115 Å². The molecule has 1 fully saturated rings. The fourth-order valence-electron chi connectivity index (χ4n) is 1.79. The maximum Gasteiger partial charge on any atom is 0.329 e. The van der Waals surface area contributed by atoms with Crippen LogP contribution in [0.4, 0.5) is 0 Å². The van der Waals surface area contributed by atoms with Gasteiger partial charge in [-0.3, -0.25) is 0 Å². The van der Waals surface area contributed by atoms with Crippen LogP contribution in [0.15, 0.2) is 0 Å². The Labute approximate surface area is 104 Å². The first-order chi connectivity index (χ1) is 8.51.